The van der Waals surface area contributed by atoms with E-state index in [1.54, 1.807) is 0 Å². The van der Waals surface area contributed by atoms with E-state index in [-0.39, 0.29) is 0 Å². The summed E-state index contributed by atoms with van der Waals surface area (Å²) in [4.78, 5) is 0. The first kappa shape index (κ1) is 12.6. The van der Waals surface area contributed by atoms with Gasteiger partial charge < -0.3 is 0 Å². The van der Waals surface area contributed by atoms with Gasteiger partial charge >= 0.3 is 0 Å². The van der Waals surface area contributed by atoms with Crippen molar-refractivity contribution in [2.45, 2.75) is 58.9 Å². The van der Waals surface area contributed by atoms with Crippen LogP contribution in [-0.2, 0) is 12.4 Å². The maximum Gasteiger partial charge on any atom is 0.0640 e. The summed E-state index contributed by atoms with van der Waals surface area (Å²) in [5, 5.41) is 4.51. The van der Waals surface area contributed by atoms with Crippen molar-refractivity contribution in [3.05, 3.63) is 17.0 Å². The molecule has 0 aliphatic carbocycles. The monoisotopic (exact) mass is 228 g/mol. The van der Waals surface area contributed by atoms with Gasteiger partial charge in [0.15, 0.2) is 0 Å². The van der Waals surface area contributed by atoms with E-state index in [4.69, 9.17) is 11.6 Å². The molecule has 0 atom stereocenters. The maximum atomic E-state index is 5.88. The van der Waals surface area contributed by atoms with E-state index in [2.05, 4.69) is 23.6 Å². The fourth-order valence-electron chi connectivity index (χ4n) is 1.83. The van der Waals surface area contributed by atoms with Gasteiger partial charge in [-0.1, -0.05) is 26.2 Å². The van der Waals surface area contributed by atoms with Crippen LogP contribution in [0.5, 0.6) is 0 Å². The molecule has 3 heteroatoms. The summed E-state index contributed by atoms with van der Waals surface area (Å²) in [5.74, 6) is 0.576. The van der Waals surface area contributed by atoms with Crippen LogP contribution in [0.2, 0.25) is 0 Å². The van der Waals surface area contributed by atoms with Crippen molar-refractivity contribution in [3.8, 4) is 0 Å². The summed E-state index contributed by atoms with van der Waals surface area (Å²) in [6.07, 6.45) is 5.12. The Kier molecular flexibility index (Phi) is 5.16. The molecule has 0 spiro atoms. The molecular formula is C12H21ClN2. The average molecular weight is 229 g/mol. The quantitative estimate of drug-likeness (QED) is 0.535. The Balaban J connectivity index is 2.54. The zero-order chi connectivity index (χ0) is 11.3. The molecule has 0 saturated carbocycles. The Hall–Kier alpha value is -0.500. The van der Waals surface area contributed by atoms with E-state index >= 15 is 0 Å². The zero-order valence-corrected chi connectivity index (χ0v) is 10.8. The average Bonchev–Trinajstić information content (AvgIpc) is 2.49. The molecule has 0 unspecified atom stereocenters. The molecule has 15 heavy (non-hydrogen) atoms. The summed E-state index contributed by atoms with van der Waals surface area (Å²) in [5.41, 5.74) is 3.52. The first-order chi connectivity index (χ1) is 7.20. The fourth-order valence-corrected chi connectivity index (χ4v) is 2.22. The smallest absolute Gasteiger partial charge is 0.0640 e. The molecule has 1 heterocycles. The van der Waals surface area contributed by atoms with Crippen LogP contribution < -0.4 is 0 Å². The van der Waals surface area contributed by atoms with Crippen molar-refractivity contribution in [1.82, 2.24) is 9.78 Å². The number of alkyl halides is 1. The Bertz CT molecular complexity index is 305. The normalized spacial score (nSPS) is 10.9. The number of hydrogen-bond donors (Lipinski definition) is 0. The van der Waals surface area contributed by atoms with E-state index in [1.165, 1.54) is 36.9 Å². The Labute approximate surface area is 97.6 Å². The molecule has 0 bridgehead atoms. The lowest BCUT2D eigenvalue weighted by Gasteiger charge is -2.04. The zero-order valence-electron chi connectivity index (χ0n) is 10.0. The van der Waals surface area contributed by atoms with Crippen molar-refractivity contribution in [2.24, 2.45) is 0 Å². The van der Waals surface area contributed by atoms with Crippen LogP contribution in [0.3, 0.4) is 0 Å². The summed E-state index contributed by atoms with van der Waals surface area (Å²) in [6.45, 7) is 7.41. The summed E-state index contributed by atoms with van der Waals surface area (Å²) < 4.78 is 2.10. The number of rotatable bonds is 6. The predicted molar refractivity (Wildman–Crippen MR) is 65.4 cm³/mol. The third kappa shape index (κ3) is 3.23. The molecule has 1 aromatic heterocycles. The van der Waals surface area contributed by atoms with Gasteiger partial charge in [-0.05, 0) is 20.3 Å². The van der Waals surface area contributed by atoms with Gasteiger partial charge in [-0.15, -0.1) is 11.6 Å². The number of halogens is 1. The molecule has 1 rings (SSSR count). The van der Waals surface area contributed by atoms with Gasteiger partial charge in [-0.3, -0.25) is 4.68 Å². The van der Waals surface area contributed by atoms with Gasteiger partial charge in [0.25, 0.3) is 0 Å². The second kappa shape index (κ2) is 6.16. The lowest BCUT2D eigenvalue weighted by atomic mass is 10.2. The highest BCUT2D eigenvalue weighted by molar-refractivity contribution is 6.17. The van der Waals surface area contributed by atoms with E-state index in [0.717, 1.165) is 12.2 Å². The molecule has 1 aromatic rings. The number of nitrogens with zero attached hydrogens (tertiary/aromatic N) is 2. The summed E-state index contributed by atoms with van der Waals surface area (Å²) in [7, 11) is 0. The number of unbranched alkanes of at least 4 members (excludes halogenated alkanes) is 3. The van der Waals surface area contributed by atoms with E-state index in [9.17, 15) is 0 Å². The van der Waals surface area contributed by atoms with Crippen molar-refractivity contribution in [1.29, 1.82) is 0 Å². The van der Waals surface area contributed by atoms with Crippen LogP contribution in [0.15, 0.2) is 0 Å². The minimum Gasteiger partial charge on any atom is -0.269 e. The standard InChI is InChI=1S/C12H21ClN2/c1-4-5-6-7-8-15-11(3)12(9-13)10(2)14-15/h4-9H2,1-3H3. The van der Waals surface area contributed by atoms with E-state index < -0.39 is 0 Å². The van der Waals surface area contributed by atoms with Gasteiger partial charge in [-0.25, -0.2) is 0 Å². The van der Waals surface area contributed by atoms with Crippen LogP contribution in [0.4, 0.5) is 0 Å². The van der Waals surface area contributed by atoms with Crippen molar-refractivity contribution in [2.75, 3.05) is 0 Å². The first-order valence-corrected chi connectivity index (χ1v) is 6.33. The summed E-state index contributed by atoms with van der Waals surface area (Å²) >= 11 is 5.88. The van der Waals surface area contributed by atoms with Crippen LogP contribution in [0.1, 0.15) is 49.6 Å². The highest BCUT2D eigenvalue weighted by atomic mass is 35.5. The molecule has 0 saturated heterocycles. The highest BCUT2D eigenvalue weighted by Gasteiger charge is 2.09. The van der Waals surface area contributed by atoms with E-state index in [1.807, 2.05) is 6.92 Å². The van der Waals surface area contributed by atoms with Gasteiger partial charge in [0.05, 0.1) is 11.6 Å². The van der Waals surface area contributed by atoms with Crippen LogP contribution in [0.25, 0.3) is 0 Å². The molecule has 0 amide bonds. The van der Waals surface area contributed by atoms with Crippen LogP contribution in [-0.4, -0.2) is 9.78 Å². The molecule has 86 valence electrons. The van der Waals surface area contributed by atoms with Crippen molar-refractivity contribution in [3.63, 3.8) is 0 Å². The Morgan fingerprint density at radius 1 is 1.20 bits per heavy atom. The van der Waals surface area contributed by atoms with Crippen LogP contribution >= 0.6 is 11.6 Å². The second-order valence-electron chi connectivity index (χ2n) is 4.07. The second-order valence-corrected chi connectivity index (χ2v) is 4.33. The SMILES string of the molecule is CCCCCCn1nc(C)c(CCl)c1C. The third-order valence-corrected chi connectivity index (χ3v) is 3.16. The highest BCUT2D eigenvalue weighted by Crippen LogP contribution is 2.16. The lowest BCUT2D eigenvalue weighted by molar-refractivity contribution is 0.529. The Morgan fingerprint density at radius 2 is 1.93 bits per heavy atom. The summed E-state index contributed by atoms with van der Waals surface area (Å²) in [6, 6.07) is 0. The molecule has 2 nitrogen and oxygen atoms in total. The van der Waals surface area contributed by atoms with Crippen molar-refractivity contribution < 1.29 is 0 Å². The molecule has 0 radical (unpaired) electrons. The number of aromatic nitrogens is 2. The van der Waals surface area contributed by atoms with Gasteiger partial charge in [-0.2, -0.15) is 5.10 Å². The molecule has 0 aliphatic rings. The Morgan fingerprint density at radius 3 is 2.47 bits per heavy atom. The number of aryl methyl sites for hydroxylation is 2. The number of hydrogen-bond acceptors (Lipinski definition) is 1. The topological polar surface area (TPSA) is 17.8 Å². The predicted octanol–water partition coefficient (Wildman–Crippen LogP) is 3.82. The van der Waals surface area contributed by atoms with Gasteiger partial charge in [0, 0.05) is 17.8 Å². The molecule has 0 aliphatic heterocycles. The van der Waals surface area contributed by atoms with Crippen LogP contribution in [0, 0.1) is 13.8 Å². The lowest BCUT2D eigenvalue weighted by Crippen LogP contribution is -2.02. The maximum absolute atomic E-state index is 5.88. The van der Waals surface area contributed by atoms with Gasteiger partial charge in [0.2, 0.25) is 0 Å². The minimum absolute atomic E-state index is 0.576. The third-order valence-electron chi connectivity index (χ3n) is 2.89. The van der Waals surface area contributed by atoms with Gasteiger partial charge in [0.1, 0.15) is 0 Å². The molecular weight excluding hydrogens is 208 g/mol. The molecule has 0 fully saturated rings. The molecule has 0 N–H and O–H groups in total. The van der Waals surface area contributed by atoms with E-state index in [0.29, 0.717) is 5.88 Å². The largest absolute Gasteiger partial charge is 0.269 e. The minimum atomic E-state index is 0.576. The molecule has 0 aromatic carbocycles. The first-order valence-electron chi connectivity index (χ1n) is 5.79. The van der Waals surface area contributed by atoms with Crippen molar-refractivity contribution >= 4 is 11.6 Å². The fraction of sp³-hybridized carbons (Fsp3) is 0.750.